The molecule has 0 aliphatic heterocycles. The van der Waals surface area contributed by atoms with Crippen molar-refractivity contribution < 1.29 is 24.9 Å². The van der Waals surface area contributed by atoms with Crippen LogP contribution in [0, 0.1) is 0 Å². The molecule has 3 heteroatoms. The normalized spacial score (nSPS) is 10.2. The van der Waals surface area contributed by atoms with Gasteiger partial charge < -0.3 is 0 Å². The van der Waals surface area contributed by atoms with E-state index in [1.165, 1.54) is 19.8 Å². The Hall–Kier alpha value is -0.556. The SMILES string of the molecule is [Cl][Hg].c1ccc([As]c2ccc(-c3ccccc3)cc2)cc1. The molecule has 3 aromatic rings. The fourth-order valence-corrected chi connectivity index (χ4v) is 3.94. The van der Waals surface area contributed by atoms with Crippen molar-refractivity contribution in [3.63, 3.8) is 0 Å². The minimum atomic E-state index is 0.101. The van der Waals surface area contributed by atoms with Gasteiger partial charge in [0.1, 0.15) is 0 Å². The first-order chi connectivity index (χ1) is 10.4. The van der Waals surface area contributed by atoms with Gasteiger partial charge >= 0.3 is 154 Å². The Morgan fingerprint density at radius 2 is 0.952 bits per heavy atom. The molecule has 0 unspecified atom stereocenters. The van der Waals surface area contributed by atoms with Gasteiger partial charge in [0.05, 0.1) is 0 Å². The predicted molar refractivity (Wildman–Crippen MR) is 89.2 cm³/mol. The van der Waals surface area contributed by atoms with E-state index in [-0.39, 0.29) is 15.8 Å². The topological polar surface area (TPSA) is 0 Å². The van der Waals surface area contributed by atoms with Gasteiger partial charge in [-0.25, -0.2) is 0 Å². The maximum atomic E-state index is 4.83. The van der Waals surface area contributed by atoms with E-state index in [1.54, 1.807) is 0 Å². The first kappa shape index (κ1) is 16.8. The van der Waals surface area contributed by atoms with Crippen LogP contribution in [0.25, 0.3) is 11.1 Å². The van der Waals surface area contributed by atoms with E-state index in [0.717, 1.165) is 0 Å². The van der Waals surface area contributed by atoms with E-state index in [2.05, 4.69) is 84.9 Å². The molecule has 21 heavy (non-hydrogen) atoms. The van der Waals surface area contributed by atoms with Gasteiger partial charge in [0.15, 0.2) is 0 Å². The zero-order chi connectivity index (χ0) is 14.9. The first-order valence-corrected chi connectivity index (χ1v) is 15.3. The van der Waals surface area contributed by atoms with Crippen LogP contribution >= 0.6 is 8.25 Å². The summed E-state index contributed by atoms with van der Waals surface area (Å²) in [6.07, 6.45) is 0. The van der Waals surface area contributed by atoms with Gasteiger partial charge in [-0.05, 0) is 0 Å². The molecule has 1 radical (unpaired) electrons. The van der Waals surface area contributed by atoms with E-state index in [0.29, 0.717) is 24.9 Å². The third kappa shape index (κ3) is 5.29. The zero-order valence-corrected chi connectivity index (χ0v) is 19.7. The van der Waals surface area contributed by atoms with Crippen LogP contribution in [-0.2, 0) is 24.9 Å². The van der Waals surface area contributed by atoms with Gasteiger partial charge in [-0.1, -0.05) is 0 Å². The van der Waals surface area contributed by atoms with Crippen molar-refractivity contribution in [2.45, 2.75) is 0 Å². The van der Waals surface area contributed by atoms with Crippen LogP contribution in [0.4, 0.5) is 0 Å². The molecule has 3 rings (SSSR count). The van der Waals surface area contributed by atoms with Gasteiger partial charge in [0.25, 0.3) is 0 Å². The van der Waals surface area contributed by atoms with Gasteiger partial charge in [-0.15, -0.1) is 0 Å². The maximum absolute atomic E-state index is 4.83. The fraction of sp³-hybridized carbons (Fsp3) is 0. The second-order valence-corrected chi connectivity index (χ2v) is 7.00. The number of hydrogen-bond donors (Lipinski definition) is 0. The summed E-state index contributed by atoms with van der Waals surface area (Å²) < 4.78 is 2.90. The van der Waals surface area contributed by atoms with Crippen LogP contribution in [0.3, 0.4) is 0 Å². The summed E-state index contributed by atoms with van der Waals surface area (Å²) in [5.74, 6) is 0. The molecule has 0 bridgehead atoms. The molecule has 0 nitrogen and oxygen atoms in total. The molecular formula is C18H14AsClHg. The minimum absolute atomic E-state index is 0.101. The average Bonchev–Trinajstić information content (AvgIpc) is 2.59. The van der Waals surface area contributed by atoms with E-state index >= 15 is 0 Å². The first-order valence-electron chi connectivity index (χ1n) is 6.61. The Balaban J connectivity index is 0.000000774. The van der Waals surface area contributed by atoms with Crippen molar-refractivity contribution >= 4 is 32.7 Å². The van der Waals surface area contributed by atoms with Crippen molar-refractivity contribution in [2.24, 2.45) is 0 Å². The fourth-order valence-electron chi connectivity index (χ4n) is 2.01. The van der Waals surface area contributed by atoms with E-state index in [4.69, 9.17) is 8.25 Å². The number of benzene rings is 3. The Labute approximate surface area is 152 Å². The van der Waals surface area contributed by atoms with E-state index in [1.807, 2.05) is 0 Å². The molecule has 0 atom stereocenters. The van der Waals surface area contributed by atoms with Gasteiger partial charge in [0, 0.05) is 0 Å². The molecule has 0 N–H and O–H groups in total. The Morgan fingerprint density at radius 1 is 0.524 bits per heavy atom. The Morgan fingerprint density at radius 3 is 1.52 bits per heavy atom. The van der Waals surface area contributed by atoms with Crippen molar-refractivity contribution in [1.29, 1.82) is 0 Å². The summed E-state index contributed by atoms with van der Waals surface area (Å²) >= 11 is 0.601. The Bertz CT molecular complexity index is 639. The zero-order valence-electron chi connectivity index (χ0n) is 11.6. The number of hydrogen-bond acceptors (Lipinski definition) is 0. The molecule has 0 aromatic heterocycles. The van der Waals surface area contributed by atoms with E-state index < -0.39 is 0 Å². The molecule has 0 aliphatic rings. The van der Waals surface area contributed by atoms with Crippen LogP contribution in [0.1, 0.15) is 0 Å². The third-order valence-electron chi connectivity index (χ3n) is 2.99. The van der Waals surface area contributed by atoms with Crippen molar-refractivity contribution in [3.8, 4) is 11.1 Å². The monoisotopic (exact) mass is 542 g/mol. The molecule has 0 spiro atoms. The summed E-state index contributed by atoms with van der Waals surface area (Å²) in [7, 11) is 4.83. The summed E-state index contributed by atoms with van der Waals surface area (Å²) in [4.78, 5) is 0. The van der Waals surface area contributed by atoms with Crippen LogP contribution in [0.15, 0.2) is 84.9 Å². The van der Waals surface area contributed by atoms with Crippen LogP contribution in [-0.4, -0.2) is 15.8 Å². The quantitative estimate of drug-likeness (QED) is 0.444. The average molecular weight is 541 g/mol. The standard InChI is InChI=1S/C18H14As.ClH.Hg/c1-3-7-15(8-4-1)16-11-13-18(14-12-16)19-17-9-5-2-6-10-17;;/h1-14H;1H;/q;;+1/p-1. The number of rotatable bonds is 3. The molecular weight excluding hydrogens is 527 g/mol. The van der Waals surface area contributed by atoms with Crippen molar-refractivity contribution in [3.05, 3.63) is 84.9 Å². The van der Waals surface area contributed by atoms with Crippen LogP contribution in [0.5, 0.6) is 0 Å². The summed E-state index contributed by atoms with van der Waals surface area (Å²) in [6.45, 7) is 0. The molecule has 0 amide bonds. The van der Waals surface area contributed by atoms with Gasteiger partial charge in [0.2, 0.25) is 0 Å². The van der Waals surface area contributed by atoms with Crippen molar-refractivity contribution in [2.75, 3.05) is 0 Å². The van der Waals surface area contributed by atoms with Gasteiger partial charge in [-0.3, -0.25) is 0 Å². The molecule has 0 saturated carbocycles. The van der Waals surface area contributed by atoms with E-state index in [9.17, 15) is 0 Å². The molecule has 0 saturated heterocycles. The molecule has 0 fully saturated rings. The van der Waals surface area contributed by atoms with Crippen molar-refractivity contribution in [1.82, 2.24) is 0 Å². The second kappa shape index (κ2) is 9.46. The third-order valence-corrected chi connectivity index (χ3v) is 5.32. The number of halogens is 1. The molecule has 0 heterocycles. The van der Waals surface area contributed by atoms with Gasteiger partial charge in [-0.2, -0.15) is 0 Å². The molecule has 0 aliphatic carbocycles. The summed E-state index contributed by atoms with van der Waals surface area (Å²) in [5, 5.41) is 0. The summed E-state index contributed by atoms with van der Waals surface area (Å²) in [6, 6.07) is 30.2. The second-order valence-electron chi connectivity index (χ2n) is 4.36. The molecule has 3 aromatic carbocycles. The summed E-state index contributed by atoms with van der Waals surface area (Å²) in [5.41, 5.74) is 2.57. The predicted octanol–water partition coefficient (Wildman–Crippen LogP) is 3.70. The van der Waals surface area contributed by atoms with Crippen LogP contribution in [0.2, 0.25) is 0 Å². The Kier molecular flexibility index (Phi) is 7.57. The van der Waals surface area contributed by atoms with Crippen LogP contribution < -0.4 is 8.70 Å². The molecule has 100 valence electrons.